The van der Waals surface area contributed by atoms with Crippen molar-refractivity contribution in [2.75, 3.05) is 16.5 Å². The van der Waals surface area contributed by atoms with Crippen LogP contribution in [0.4, 0.5) is 22.7 Å². The van der Waals surface area contributed by atoms with Gasteiger partial charge in [-0.2, -0.15) is 0 Å². The first-order chi connectivity index (χ1) is 32.5. The lowest BCUT2D eigenvalue weighted by molar-refractivity contribution is 0.483. The molecule has 0 bridgehead atoms. The molecule has 5 heteroatoms. The molecule has 0 unspecified atom stereocenters. The molecule has 1 aliphatic heterocycles. The molecule has 0 fully saturated rings. The lowest BCUT2D eigenvalue weighted by atomic mass is 9.87. The van der Waals surface area contributed by atoms with E-state index in [9.17, 15) is 0 Å². The van der Waals surface area contributed by atoms with Crippen LogP contribution in [-0.2, 0) is 10.8 Å². The summed E-state index contributed by atoms with van der Waals surface area (Å²) in [5, 5.41) is 2.32. The van der Waals surface area contributed by atoms with Crippen molar-refractivity contribution in [1.29, 1.82) is 0 Å². The van der Waals surface area contributed by atoms with Gasteiger partial charge >= 0.3 is 0 Å². The molecule has 0 amide bonds. The Morgan fingerprint density at radius 1 is 0.433 bits per heavy atom. The zero-order valence-corrected chi connectivity index (χ0v) is 39.0. The van der Waals surface area contributed by atoms with Gasteiger partial charge in [-0.1, -0.05) is 157 Å². The zero-order chi connectivity index (χ0) is 45.9. The molecule has 328 valence electrons. The molecule has 8 aromatic carbocycles. The lowest BCUT2D eigenvalue weighted by Gasteiger charge is -2.26. The summed E-state index contributed by atoms with van der Waals surface area (Å²) < 4.78 is 9.16. The summed E-state index contributed by atoms with van der Waals surface area (Å²) in [5.41, 5.74) is 16.3. The fourth-order valence-corrected chi connectivity index (χ4v) is 9.60. The number of fused-ring (bicyclic) bond motifs is 4. The van der Waals surface area contributed by atoms with Crippen molar-refractivity contribution in [1.82, 2.24) is 9.55 Å². The van der Waals surface area contributed by atoms with Crippen LogP contribution in [-0.4, -0.2) is 16.2 Å². The number of hydrogen-bond donors (Lipinski definition) is 0. The molecule has 67 heavy (non-hydrogen) atoms. The molecule has 10 aromatic rings. The highest BCUT2D eigenvalue weighted by Crippen LogP contribution is 2.50. The highest BCUT2D eigenvalue weighted by atomic mass is 16.5. The van der Waals surface area contributed by atoms with E-state index in [1.54, 1.807) is 0 Å². The number of hydrogen-bond acceptors (Lipinski definition) is 4. The number of nitrogens with zero attached hydrogens (tertiary/aromatic N) is 4. The number of benzene rings is 8. The maximum absolute atomic E-state index is 6.87. The predicted octanol–water partition coefficient (Wildman–Crippen LogP) is 16.8. The van der Waals surface area contributed by atoms with Crippen molar-refractivity contribution in [3.05, 3.63) is 218 Å². The van der Waals surface area contributed by atoms with Gasteiger partial charge < -0.3 is 14.5 Å². The minimum atomic E-state index is -0.0332. The van der Waals surface area contributed by atoms with Crippen LogP contribution in [0.15, 0.2) is 206 Å². The third-order valence-electron chi connectivity index (χ3n) is 13.2. The van der Waals surface area contributed by atoms with Crippen LogP contribution in [0, 0.1) is 0 Å². The Kier molecular flexibility index (Phi) is 10.3. The first-order valence-electron chi connectivity index (χ1n) is 23.3. The van der Waals surface area contributed by atoms with Crippen LogP contribution >= 0.6 is 0 Å². The summed E-state index contributed by atoms with van der Waals surface area (Å²) >= 11 is 0. The molecule has 0 atom stereocenters. The molecule has 3 heterocycles. The Bertz CT molecular complexity index is 3450. The number of pyridine rings is 1. The monoisotopic (exact) mass is 870 g/mol. The summed E-state index contributed by atoms with van der Waals surface area (Å²) in [5.74, 6) is 2.41. The second kappa shape index (κ2) is 16.5. The molecule has 0 radical (unpaired) electrons. The molecule has 2 aromatic heterocycles. The van der Waals surface area contributed by atoms with Gasteiger partial charge in [-0.25, -0.2) is 4.98 Å². The number of aromatic nitrogens is 2. The molecule has 11 rings (SSSR count). The van der Waals surface area contributed by atoms with Crippen molar-refractivity contribution in [3.63, 3.8) is 0 Å². The normalized spacial score (nSPS) is 12.8. The van der Waals surface area contributed by atoms with E-state index in [2.05, 4.69) is 256 Å². The summed E-state index contributed by atoms with van der Waals surface area (Å²) in [7, 11) is 0. The second-order valence-corrected chi connectivity index (χ2v) is 19.8. The molecule has 1 aliphatic rings. The van der Waals surface area contributed by atoms with Crippen LogP contribution in [0.1, 0.15) is 52.7 Å². The predicted molar refractivity (Wildman–Crippen MR) is 281 cm³/mol. The Hall–Kier alpha value is -7.89. The van der Waals surface area contributed by atoms with Crippen LogP contribution in [0.25, 0.3) is 61.0 Å². The summed E-state index contributed by atoms with van der Waals surface area (Å²) in [6, 6.07) is 72.0. The first-order valence-corrected chi connectivity index (χ1v) is 23.3. The number of ether oxygens (including phenoxy) is 1. The van der Waals surface area contributed by atoms with Gasteiger partial charge in [0, 0.05) is 46.0 Å². The van der Waals surface area contributed by atoms with E-state index in [1.807, 2.05) is 6.20 Å². The van der Waals surface area contributed by atoms with E-state index in [0.717, 1.165) is 50.8 Å². The van der Waals surface area contributed by atoms with Gasteiger partial charge in [-0.3, -0.25) is 4.57 Å². The summed E-state index contributed by atoms with van der Waals surface area (Å²) in [6.07, 6.45) is 1.93. The van der Waals surface area contributed by atoms with Gasteiger partial charge in [0.25, 0.3) is 0 Å². The van der Waals surface area contributed by atoms with Crippen molar-refractivity contribution >= 4 is 44.6 Å². The Labute approximate surface area is 394 Å². The van der Waals surface area contributed by atoms with Crippen LogP contribution in [0.5, 0.6) is 11.5 Å². The number of anilines is 4. The summed E-state index contributed by atoms with van der Waals surface area (Å²) in [4.78, 5) is 9.85. The molecule has 0 spiro atoms. The number of rotatable bonds is 8. The molecule has 0 aliphatic carbocycles. The van der Waals surface area contributed by atoms with E-state index in [1.165, 1.54) is 55.6 Å². The molecule has 0 N–H and O–H groups in total. The largest absolute Gasteiger partial charge is 0.457 e. The van der Waals surface area contributed by atoms with Crippen molar-refractivity contribution in [2.24, 2.45) is 0 Å². The van der Waals surface area contributed by atoms with E-state index >= 15 is 0 Å². The van der Waals surface area contributed by atoms with Crippen molar-refractivity contribution < 1.29 is 4.74 Å². The number of para-hydroxylation sites is 1. The van der Waals surface area contributed by atoms with Gasteiger partial charge in [0.05, 0.1) is 22.4 Å². The minimum absolute atomic E-state index is 0.00289. The first kappa shape index (κ1) is 41.8. The smallest absolute Gasteiger partial charge is 0.137 e. The van der Waals surface area contributed by atoms with E-state index < -0.39 is 0 Å². The molecule has 0 saturated carbocycles. The van der Waals surface area contributed by atoms with Gasteiger partial charge in [0.2, 0.25) is 0 Å². The Morgan fingerprint density at radius 3 is 1.81 bits per heavy atom. The van der Waals surface area contributed by atoms with Gasteiger partial charge in [0.1, 0.15) is 24.0 Å². The maximum Gasteiger partial charge on any atom is 0.137 e. The van der Waals surface area contributed by atoms with Crippen LogP contribution < -0.4 is 14.5 Å². The van der Waals surface area contributed by atoms with E-state index in [-0.39, 0.29) is 10.8 Å². The average Bonchev–Trinajstić information content (AvgIpc) is 3.90. The van der Waals surface area contributed by atoms with Gasteiger partial charge in [-0.15, -0.1) is 0 Å². The Balaban J connectivity index is 0.997. The van der Waals surface area contributed by atoms with Crippen LogP contribution in [0.2, 0.25) is 0 Å². The van der Waals surface area contributed by atoms with E-state index in [0.29, 0.717) is 6.67 Å². The van der Waals surface area contributed by atoms with Crippen molar-refractivity contribution in [3.8, 4) is 50.7 Å². The lowest BCUT2D eigenvalue weighted by Crippen LogP contribution is -2.24. The molecular formula is C62H54N4O. The quantitative estimate of drug-likeness (QED) is 0.152. The molecule has 5 nitrogen and oxygen atoms in total. The SMILES string of the molecule is CC(C)(C)c1cccc(N2CN(c3cccc(Oc4ccc5c6cc(-c7ccccc7)ccc6n(-c6cc(C(C)(C)C)ccn6)c5c4)c3)c3cccc(-c4cccc(-c5ccccc5)c4)c32)c1. The van der Waals surface area contributed by atoms with E-state index in [4.69, 9.17) is 9.72 Å². The maximum atomic E-state index is 6.87. The molecular weight excluding hydrogens is 817 g/mol. The third-order valence-corrected chi connectivity index (χ3v) is 13.2. The molecule has 0 saturated heterocycles. The zero-order valence-electron chi connectivity index (χ0n) is 39.0. The van der Waals surface area contributed by atoms with Crippen LogP contribution in [0.3, 0.4) is 0 Å². The second-order valence-electron chi connectivity index (χ2n) is 19.8. The fraction of sp³-hybridized carbons (Fsp3) is 0.145. The fourth-order valence-electron chi connectivity index (χ4n) is 9.60. The summed E-state index contributed by atoms with van der Waals surface area (Å²) in [6.45, 7) is 14.2. The van der Waals surface area contributed by atoms with Crippen molar-refractivity contribution in [2.45, 2.75) is 52.4 Å². The van der Waals surface area contributed by atoms with Gasteiger partial charge in [0.15, 0.2) is 0 Å². The van der Waals surface area contributed by atoms with Gasteiger partial charge in [-0.05, 0) is 123 Å². The topological polar surface area (TPSA) is 33.5 Å². The standard InChI is InChI=1S/C62H54N4O/c1-61(2,3)47-23-14-24-49(37-47)65-41-64(57-28-16-27-53(60(57)65)46-22-13-21-44(35-46)42-17-9-7-10-18-42)50-25-15-26-51(39-50)67-52-30-31-54-55-36-45(43-19-11-8-12-20-43)29-32-56(55)66(58(54)40-52)59-38-48(33-34-63-59)62(4,5)6/h7-40H,41H2,1-6H3. The third kappa shape index (κ3) is 7.91. The Morgan fingerprint density at radius 2 is 1.06 bits per heavy atom. The average molecular weight is 871 g/mol. The highest BCUT2D eigenvalue weighted by molar-refractivity contribution is 6.11. The minimum Gasteiger partial charge on any atom is -0.457 e. The highest BCUT2D eigenvalue weighted by Gasteiger charge is 2.32.